The van der Waals surface area contributed by atoms with E-state index in [0.717, 1.165) is 50.1 Å². The van der Waals surface area contributed by atoms with E-state index in [1.807, 2.05) is 16.0 Å². The quantitative estimate of drug-likeness (QED) is 0.210. The molecule has 166 valence electrons. The van der Waals surface area contributed by atoms with Gasteiger partial charge in [-0.05, 0) is 66.3 Å². The van der Waals surface area contributed by atoms with Crippen LogP contribution in [0.1, 0.15) is 34.2 Å². The van der Waals surface area contributed by atoms with Crippen LogP contribution in [0.25, 0.3) is 10.2 Å². The number of aromatic nitrogens is 2. The van der Waals surface area contributed by atoms with Crippen LogP contribution in [0, 0.1) is 11.7 Å². The van der Waals surface area contributed by atoms with Crippen LogP contribution in [0.4, 0.5) is 4.39 Å². The second-order valence-corrected chi connectivity index (χ2v) is 11.7. The molecule has 0 bridgehead atoms. The smallest absolute Gasteiger partial charge is 0.263 e. The van der Waals surface area contributed by atoms with Gasteiger partial charge in [0.15, 0.2) is 5.16 Å². The molecule has 1 aliphatic carbocycles. The monoisotopic (exact) mass is 504 g/mol. The molecule has 3 nitrogen and oxygen atoms in total. The Balaban J connectivity index is 1.54. The fourth-order valence-electron chi connectivity index (χ4n) is 4.16. The highest BCUT2D eigenvalue weighted by Crippen LogP contribution is 2.37. The number of hydrogen-bond acceptors (Lipinski definition) is 5. The predicted octanol–water partition coefficient (Wildman–Crippen LogP) is 6.97. The highest BCUT2D eigenvalue weighted by atomic mass is 35.5. The molecule has 0 fully saturated rings. The first kappa shape index (κ1) is 22.1. The lowest BCUT2D eigenvalue weighted by atomic mass is 9.89. The molecule has 5 rings (SSSR count). The summed E-state index contributed by atoms with van der Waals surface area (Å²) in [6, 6.07) is 8.38. The molecule has 1 aromatic carbocycles. The van der Waals surface area contributed by atoms with Gasteiger partial charge in [-0.15, -0.1) is 22.7 Å². The van der Waals surface area contributed by atoms with Gasteiger partial charge in [-0.1, -0.05) is 42.4 Å². The normalized spacial score (nSPS) is 15.9. The fraction of sp³-hybridized carbons (Fsp3) is 0.333. The van der Waals surface area contributed by atoms with Crippen LogP contribution in [0.3, 0.4) is 0 Å². The van der Waals surface area contributed by atoms with E-state index in [1.165, 1.54) is 22.6 Å². The summed E-state index contributed by atoms with van der Waals surface area (Å²) in [6.45, 7) is 2.78. The Hall–Kier alpha value is -1.67. The average molecular weight is 505 g/mol. The molecule has 32 heavy (non-hydrogen) atoms. The van der Waals surface area contributed by atoms with Crippen LogP contribution in [0.5, 0.6) is 0 Å². The highest BCUT2D eigenvalue weighted by Gasteiger charge is 2.25. The molecule has 1 atom stereocenters. The zero-order chi connectivity index (χ0) is 22.2. The topological polar surface area (TPSA) is 34.9 Å². The SMILES string of the molecule is CC1CCc2c(sc3nc(SCc4sccc4Cl)n(CCc4ccc(F)cc4)c(=O)c23)C1. The van der Waals surface area contributed by atoms with Crippen molar-refractivity contribution < 1.29 is 4.39 Å². The number of nitrogens with zero attached hydrogens (tertiary/aromatic N) is 2. The van der Waals surface area contributed by atoms with E-state index in [9.17, 15) is 9.18 Å². The first-order valence-electron chi connectivity index (χ1n) is 10.6. The molecule has 3 heterocycles. The summed E-state index contributed by atoms with van der Waals surface area (Å²) in [5.74, 6) is 1.07. The van der Waals surface area contributed by atoms with E-state index in [4.69, 9.17) is 16.6 Å². The third-order valence-electron chi connectivity index (χ3n) is 5.94. The average Bonchev–Trinajstić information content (AvgIpc) is 3.35. The van der Waals surface area contributed by atoms with Crippen LogP contribution in [-0.2, 0) is 31.6 Å². The van der Waals surface area contributed by atoms with Gasteiger partial charge in [0.25, 0.3) is 5.56 Å². The molecule has 1 aliphatic rings. The Morgan fingerprint density at radius 3 is 2.84 bits per heavy atom. The van der Waals surface area contributed by atoms with Crippen LogP contribution >= 0.6 is 46.0 Å². The van der Waals surface area contributed by atoms with Gasteiger partial charge < -0.3 is 0 Å². The van der Waals surface area contributed by atoms with Gasteiger partial charge in [0.05, 0.1) is 10.4 Å². The molecule has 0 amide bonds. The molecule has 0 radical (unpaired) electrons. The van der Waals surface area contributed by atoms with Gasteiger partial charge >= 0.3 is 0 Å². The first-order chi connectivity index (χ1) is 15.5. The number of rotatable bonds is 6. The van der Waals surface area contributed by atoms with Crippen molar-refractivity contribution in [3.05, 3.63) is 77.8 Å². The van der Waals surface area contributed by atoms with Crippen LogP contribution in [0.2, 0.25) is 5.02 Å². The van der Waals surface area contributed by atoms with Crippen LogP contribution in [0.15, 0.2) is 45.7 Å². The molecule has 0 N–H and O–H groups in total. The number of fused-ring (bicyclic) bond motifs is 3. The number of hydrogen-bond donors (Lipinski definition) is 0. The van der Waals surface area contributed by atoms with E-state index in [2.05, 4.69) is 6.92 Å². The number of thioether (sulfide) groups is 1. The Labute approximate surface area is 203 Å². The van der Waals surface area contributed by atoms with Gasteiger partial charge in [-0.3, -0.25) is 9.36 Å². The lowest BCUT2D eigenvalue weighted by Gasteiger charge is -2.18. The molecule has 3 aromatic heterocycles. The molecule has 0 saturated heterocycles. The summed E-state index contributed by atoms with van der Waals surface area (Å²) in [7, 11) is 0. The van der Waals surface area contributed by atoms with Crippen molar-refractivity contribution in [2.75, 3.05) is 0 Å². The highest BCUT2D eigenvalue weighted by molar-refractivity contribution is 7.98. The maximum atomic E-state index is 13.7. The molecular weight excluding hydrogens is 483 g/mol. The van der Waals surface area contributed by atoms with Gasteiger partial charge in [0, 0.05) is 22.1 Å². The number of benzene rings is 1. The second kappa shape index (κ2) is 9.29. The van der Waals surface area contributed by atoms with Gasteiger partial charge in [0.2, 0.25) is 0 Å². The van der Waals surface area contributed by atoms with Crippen molar-refractivity contribution in [2.45, 2.75) is 50.1 Å². The Morgan fingerprint density at radius 2 is 2.09 bits per heavy atom. The van der Waals surface area contributed by atoms with E-state index < -0.39 is 0 Å². The summed E-state index contributed by atoms with van der Waals surface area (Å²) in [4.78, 5) is 21.9. The lowest BCUT2D eigenvalue weighted by Crippen LogP contribution is -2.25. The first-order valence-corrected chi connectivity index (χ1v) is 13.7. The minimum atomic E-state index is -0.253. The molecule has 8 heteroatoms. The maximum absolute atomic E-state index is 13.7. The summed E-state index contributed by atoms with van der Waals surface area (Å²) < 4.78 is 15.1. The summed E-state index contributed by atoms with van der Waals surface area (Å²) in [5, 5.41) is 4.25. The number of halogens is 2. The van der Waals surface area contributed by atoms with E-state index in [0.29, 0.717) is 24.6 Å². The summed E-state index contributed by atoms with van der Waals surface area (Å²) >= 11 is 11.1. The zero-order valence-corrected chi connectivity index (χ0v) is 20.8. The zero-order valence-electron chi connectivity index (χ0n) is 17.6. The van der Waals surface area contributed by atoms with Gasteiger partial charge in [-0.25, -0.2) is 9.37 Å². The van der Waals surface area contributed by atoms with Crippen molar-refractivity contribution in [1.82, 2.24) is 9.55 Å². The van der Waals surface area contributed by atoms with Crippen molar-refractivity contribution in [3.8, 4) is 0 Å². The maximum Gasteiger partial charge on any atom is 0.263 e. The largest absolute Gasteiger partial charge is 0.287 e. The van der Waals surface area contributed by atoms with Gasteiger partial charge in [-0.2, -0.15) is 0 Å². The fourth-order valence-corrected chi connectivity index (χ4v) is 7.91. The van der Waals surface area contributed by atoms with E-state index in [1.54, 1.807) is 46.6 Å². The van der Waals surface area contributed by atoms with E-state index >= 15 is 0 Å². The number of thiophene rings is 2. The Morgan fingerprint density at radius 1 is 1.28 bits per heavy atom. The van der Waals surface area contributed by atoms with Crippen LogP contribution < -0.4 is 5.56 Å². The summed E-state index contributed by atoms with van der Waals surface area (Å²) in [6.07, 6.45) is 3.73. The van der Waals surface area contributed by atoms with Crippen molar-refractivity contribution >= 4 is 56.3 Å². The van der Waals surface area contributed by atoms with Crippen molar-refractivity contribution in [2.24, 2.45) is 5.92 Å². The minimum Gasteiger partial charge on any atom is -0.287 e. The standard InChI is InChI=1S/C24H22ClFN2OS3/c1-14-2-7-17-19(12-14)32-22-21(17)23(29)28(10-8-15-3-5-16(26)6-4-15)24(27-22)31-13-20-18(25)9-11-30-20/h3-6,9,11,14H,2,7-8,10,12-13H2,1H3. The molecule has 4 aromatic rings. The van der Waals surface area contributed by atoms with Crippen molar-refractivity contribution in [1.29, 1.82) is 0 Å². The second-order valence-electron chi connectivity index (χ2n) is 8.24. The lowest BCUT2D eigenvalue weighted by molar-refractivity contribution is 0.508. The molecule has 0 aliphatic heterocycles. The third-order valence-corrected chi connectivity index (χ3v) is 9.66. The van der Waals surface area contributed by atoms with E-state index in [-0.39, 0.29) is 11.4 Å². The van der Waals surface area contributed by atoms with Crippen LogP contribution in [-0.4, -0.2) is 9.55 Å². The molecule has 0 saturated carbocycles. The third kappa shape index (κ3) is 4.40. The Kier molecular flexibility index (Phi) is 6.43. The molecular formula is C24H22ClFN2OS3. The Bertz CT molecular complexity index is 1330. The summed E-state index contributed by atoms with van der Waals surface area (Å²) in [5.41, 5.74) is 2.25. The molecule has 0 spiro atoms. The van der Waals surface area contributed by atoms with Crippen molar-refractivity contribution in [3.63, 3.8) is 0 Å². The molecule has 1 unspecified atom stereocenters. The predicted molar refractivity (Wildman–Crippen MR) is 134 cm³/mol. The number of aryl methyl sites for hydroxylation is 2. The minimum absolute atomic E-state index is 0.0453. The van der Waals surface area contributed by atoms with Gasteiger partial charge in [0.1, 0.15) is 10.6 Å².